The van der Waals surface area contributed by atoms with Crippen molar-refractivity contribution < 1.29 is 23.1 Å². The lowest BCUT2D eigenvalue weighted by Gasteiger charge is -2.24. The number of nitrogens with two attached hydrogens (primary N) is 1. The summed E-state index contributed by atoms with van der Waals surface area (Å²) in [4.78, 5) is 20.2. The standard InChI is InChI=1S/C29H36N4O5S/c1-18-9-7-10-19(2)27(18)24-16-26(38-17-22(30)15-21-11-5-4-6-12-21)32-29(31-24)33-39(36,37)25-14-8-13-23(20(25)3)28(34)35/h7-10,13-14,16,21-22H,4-6,11-12,15,17,30H2,1-3H3,(H,34,35)(H,31,32,33)/t22-/m1/s1. The van der Waals surface area contributed by atoms with Crippen LogP contribution in [0.5, 0.6) is 5.88 Å². The summed E-state index contributed by atoms with van der Waals surface area (Å²) in [6.07, 6.45) is 7.00. The molecule has 1 atom stereocenters. The fourth-order valence-corrected chi connectivity index (χ4v) is 6.53. The van der Waals surface area contributed by atoms with E-state index in [4.69, 9.17) is 10.5 Å². The molecule has 2 aromatic carbocycles. The molecule has 0 saturated heterocycles. The molecule has 208 valence electrons. The van der Waals surface area contributed by atoms with Crippen LogP contribution >= 0.6 is 0 Å². The second-order valence-electron chi connectivity index (χ2n) is 10.3. The normalized spacial score (nSPS) is 15.1. The van der Waals surface area contributed by atoms with E-state index in [0.29, 0.717) is 11.6 Å². The summed E-state index contributed by atoms with van der Waals surface area (Å²) in [5, 5.41) is 9.44. The molecular formula is C29H36N4O5S. The highest BCUT2D eigenvalue weighted by molar-refractivity contribution is 7.92. The van der Waals surface area contributed by atoms with E-state index in [-0.39, 0.29) is 40.5 Å². The number of anilines is 1. The average molecular weight is 553 g/mol. The van der Waals surface area contributed by atoms with Crippen LogP contribution in [0, 0.1) is 26.7 Å². The monoisotopic (exact) mass is 552 g/mol. The number of nitrogens with one attached hydrogen (secondary N) is 1. The van der Waals surface area contributed by atoms with Gasteiger partial charge in [-0.1, -0.05) is 56.4 Å². The van der Waals surface area contributed by atoms with E-state index < -0.39 is 16.0 Å². The van der Waals surface area contributed by atoms with Crippen LogP contribution in [-0.4, -0.2) is 42.1 Å². The zero-order chi connectivity index (χ0) is 28.2. The van der Waals surface area contributed by atoms with Crippen molar-refractivity contribution in [1.29, 1.82) is 0 Å². The lowest BCUT2D eigenvalue weighted by molar-refractivity contribution is 0.0695. The van der Waals surface area contributed by atoms with Crippen LogP contribution < -0.4 is 15.2 Å². The van der Waals surface area contributed by atoms with Gasteiger partial charge in [-0.15, -0.1) is 0 Å². The van der Waals surface area contributed by atoms with Gasteiger partial charge in [-0.3, -0.25) is 0 Å². The average Bonchev–Trinajstić information content (AvgIpc) is 2.87. The number of carboxylic acid groups (broad SMARTS) is 1. The molecule has 4 rings (SSSR count). The van der Waals surface area contributed by atoms with Gasteiger partial charge in [-0.2, -0.15) is 4.98 Å². The Bertz CT molecular complexity index is 1430. The largest absolute Gasteiger partial charge is 0.478 e. The van der Waals surface area contributed by atoms with Gasteiger partial charge in [-0.25, -0.2) is 22.9 Å². The number of ether oxygens (including phenoxy) is 1. The molecule has 0 unspecified atom stereocenters. The van der Waals surface area contributed by atoms with E-state index in [9.17, 15) is 18.3 Å². The Balaban J connectivity index is 1.65. The fraction of sp³-hybridized carbons (Fsp3) is 0.414. The summed E-state index contributed by atoms with van der Waals surface area (Å²) in [7, 11) is -4.21. The first-order chi connectivity index (χ1) is 18.5. The Morgan fingerprint density at radius 2 is 1.74 bits per heavy atom. The first-order valence-electron chi connectivity index (χ1n) is 13.2. The third-order valence-electron chi connectivity index (χ3n) is 7.28. The topological polar surface area (TPSA) is 144 Å². The van der Waals surface area contributed by atoms with Gasteiger partial charge in [0, 0.05) is 17.7 Å². The second kappa shape index (κ2) is 12.1. The van der Waals surface area contributed by atoms with E-state index in [1.807, 2.05) is 32.0 Å². The Morgan fingerprint density at radius 3 is 2.41 bits per heavy atom. The molecule has 0 spiro atoms. The molecule has 0 amide bonds. The summed E-state index contributed by atoms with van der Waals surface area (Å²) >= 11 is 0. The minimum atomic E-state index is -4.21. The number of sulfonamides is 1. The van der Waals surface area contributed by atoms with Crippen molar-refractivity contribution in [3.05, 3.63) is 64.7 Å². The van der Waals surface area contributed by atoms with Gasteiger partial charge >= 0.3 is 5.97 Å². The molecule has 3 aromatic rings. The number of hydrogen-bond donors (Lipinski definition) is 3. The summed E-state index contributed by atoms with van der Waals surface area (Å²) < 4.78 is 35.1. The molecule has 1 saturated carbocycles. The number of aryl methyl sites for hydroxylation is 2. The molecule has 1 aromatic heterocycles. The maximum atomic E-state index is 13.3. The molecular weight excluding hydrogens is 516 g/mol. The molecule has 0 aliphatic heterocycles. The van der Waals surface area contributed by atoms with Crippen molar-refractivity contribution >= 4 is 21.9 Å². The highest BCUT2D eigenvalue weighted by Crippen LogP contribution is 2.31. The maximum absolute atomic E-state index is 13.3. The maximum Gasteiger partial charge on any atom is 0.335 e. The molecule has 1 fully saturated rings. The first kappa shape index (κ1) is 28.5. The van der Waals surface area contributed by atoms with Gasteiger partial charge in [0.15, 0.2) is 0 Å². The lowest BCUT2D eigenvalue weighted by atomic mass is 9.85. The molecule has 39 heavy (non-hydrogen) atoms. The van der Waals surface area contributed by atoms with Crippen molar-refractivity contribution in [1.82, 2.24) is 9.97 Å². The van der Waals surface area contributed by atoms with Crippen LogP contribution in [0.4, 0.5) is 5.95 Å². The quantitative estimate of drug-likeness (QED) is 0.309. The highest BCUT2D eigenvalue weighted by Gasteiger charge is 2.23. The van der Waals surface area contributed by atoms with Crippen LogP contribution in [-0.2, 0) is 10.0 Å². The Morgan fingerprint density at radius 1 is 1.08 bits per heavy atom. The van der Waals surface area contributed by atoms with Crippen LogP contribution in [0.25, 0.3) is 11.3 Å². The van der Waals surface area contributed by atoms with Crippen molar-refractivity contribution in [2.24, 2.45) is 11.7 Å². The number of hydrogen-bond acceptors (Lipinski definition) is 7. The predicted molar refractivity (Wildman–Crippen MR) is 151 cm³/mol. The number of rotatable bonds is 10. The molecule has 1 aliphatic rings. The summed E-state index contributed by atoms with van der Waals surface area (Å²) in [6, 6.07) is 11.5. The molecule has 0 bridgehead atoms. The summed E-state index contributed by atoms with van der Waals surface area (Å²) in [5.41, 5.74) is 9.70. The molecule has 4 N–H and O–H groups in total. The second-order valence-corrected chi connectivity index (χ2v) is 12.0. The SMILES string of the molecule is Cc1cccc(C)c1-c1cc(OC[C@H](N)CC2CCCCC2)nc(NS(=O)(=O)c2cccc(C(=O)O)c2C)n1. The van der Waals surface area contributed by atoms with Crippen LogP contribution in [0.1, 0.15) is 65.6 Å². The van der Waals surface area contributed by atoms with Crippen LogP contribution in [0.3, 0.4) is 0 Å². The fourth-order valence-electron chi connectivity index (χ4n) is 5.32. The zero-order valence-corrected chi connectivity index (χ0v) is 23.4. The highest BCUT2D eigenvalue weighted by atomic mass is 32.2. The van der Waals surface area contributed by atoms with Gasteiger partial charge in [-0.05, 0) is 61.9 Å². The van der Waals surface area contributed by atoms with Gasteiger partial charge in [0.2, 0.25) is 11.8 Å². The number of aromatic nitrogens is 2. The Kier molecular flexibility index (Phi) is 8.87. The predicted octanol–water partition coefficient (Wildman–Crippen LogP) is 5.24. The van der Waals surface area contributed by atoms with Crippen molar-refractivity contribution in [2.45, 2.75) is 70.2 Å². The Labute approximate surface area is 229 Å². The minimum absolute atomic E-state index is 0.0981. The third-order valence-corrected chi connectivity index (χ3v) is 8.75. The van der Waals surface area contributed by atoms with E-state index in [0.717, 1.165) is 23.1 Å². The van der Waals surface area contributed by atoms with Crippen molar-refractivity contribution in [3.8, 4) is 17.1 Å². The number of aromatic carboxylic acids is 1. The Hall–Kier alpha value is -3.50. The smallest absolute Gasteiger partial charge is 0.335 e. The zero-order valence-electron chi connectivity index (χ0n) is 22.6. The van der Waals surface area contributed by atoms with Gasteiger partial charge in [0.1, 0.15) is 6.61 Å². The van der Waals surface area contributed by atoms with Gasteiger partial charge in [0.05, 0.1) is 16.2 Å². The van der Waals surface area contributed by atoms with E-state index in [1.54, 1.807) is 6.07 Å². The summed E-state index contributed by atoms with van der Waals surface area (Å²) in [5.74, 6) is -0.584. The lowest BCUT2D eigenvalue weighted by Crippen LogP contribution is -2.31. The van der Waals surface area contributed by atoms with Crippen LogP contribution in [0.2, 0.25) is 0 Å². The minimum Gasteiger partial charge on any atom is -0.478 e. The van der Waals surface area contributed by atoms with Gasteiger partial charge < -0.3 is 15.6 Å². The van der Waals surface area contributed by atoms with Crippen LogP contribution in [0.15, 0.2) is 47.4 Å². The van der Waals surface area contributed by atoms with Crippen molar-refractivity contribution in [2.75, 3.05) is 11.3 Å². The molecule has 1 heterocycles. The number of benzene rings is 2. The third kappa shape index (κ3) is 6.93. The van der Waals surface area contributed by atoms with Gasteiger partial charge in [0.25, 0.3) is 10.0 Å². The molecule has 0 radical (unpaired) electrons. The number of carbonyl (C=O) groups is 1. The number of carboxylic acids is 1. The van der Waals surface area contributed by atoms with E-state index in [2.05, 4.69) is 14.7 Å². The summed E-state index contributed by atoms with van der Waals surface area (Å²) in [6.45, 7) is 5.60. The van der Waals surface area contributed by atoms with Crippen molar-refractivity contribution in [3.63, 3.8) is 0 Å². The first-order valence-corrected chi connectivity index (χ1v) is 14.7. The molecule has 1 aliphatic carbocycles. The molecule has 10 heteroatoms. The molecule has 9 nitrogen and oxygen atoms in total. The van der Waals surface area contributed by atoms with E-state index in [1.165, 1.54) is 57.2 Å². The number of nitrogens with zero attached hydrogens (tertiary/aromatic N) is 2. The van der Waals surface area contributed by atoms with E-state index >= 15 is 0 Å².